The van der Waals surface area contributed by atoms with E-state index in [-0.39, 0.29) is 0 Å². The van der Waals surface area contributed by atoms with Gasteiger partial charge in [0.1, 0.15) is 0 Å². The van der Waals surface area contributed by atoms with Gasteiger partial charge in [-0.15, -0.1) is 0 Å². The van der Waals surface area contributed by atoms with Crippen LogP contribution in [0.2, 0.25) is 10.0 Å². The van der Waals surface area contributed by atoms with Crippen molar-refractivity contribution in [1.29, 1.82) is 0 Å². The van der Waals surface area contributed by atoms with Crippen LogP contribution in [0.4, 0.5) is 5.69 Å². The van der Waals surface area contributed by atoms with Crippen molar-refractivity contribution in [2.45, 2.75) is 4.90 Å². The van der Waals surface area contributed by atoms with Crippen molar-refractivity contribution in [3.8, 4) is 0 Å². The lowest BCUT2D eigenvalue weighted by molar-refractivity contribution is 1.46. The van der Waals surface area contributed by atoms with Crippen LogP contribution in [-0.4, -0.2) is 0 Å². The van der Waals surface area contributed by atoms with Gasteiger partial charge in [-0.1, -0.05) is 53.5 Å². The predicted molar refractivity (Wildman–Crippen MR) is 97.6 cm³/mol. The average Bonchev–Trinajstić information content (AvgIpc) is 2.45. The molecule has 0 atom stereocenters. The van der Waals surface area contributed by atoms with Crippen LogP contribution >= 0.6 is 51.1 Å². The second kappa shape index (κ2) is 6.49. The first-order valence-corrected chi connectivity index (χ1v) is 8.56. The molecule has 3 aromatic rings. The van der Waals surface area contributed by atoms with Crippen LogP contribution in [0.5, 0.6) is 0 Å². The molecule has 3 rings (SSSR count). The highest BCUT2D eigenvalue weighted by atomic mass is 79.9. The Labute approximate surface area is 145 Å². The van der Waals surface area contributed by atoms with Crippen molar-refractivity contribution in [3.05, 3.63) is 69.1 Å². The van der Waals surface area contributed by atoms with Crippen molar-refractivity contribution in [2.24, 2.45) is 0 Å². The molecule has 0 fully saturated rings. The Hall–Kier alpha value is -0.870. The van der Waals surface area contributed by atoms with E-state index in [0.717, 1.165) is 20.4 Å². The largest absolute Gasteiger partial charge is 0.324 e. The molecule has 1 nitrogen and oxygen atoms in total. The van der Waals surface area contributed by atoms with E-state index in [1.54, 1.807) is 6.07 Å². The molecule has 0 aliphatic heterocycles. The minimum Gasteiger partial charge on any atom is -0.324 e. The molecule has 106 valence electrons. The molecule has 5 heteroatoms. The predicted octanol–water partition coefficient (Wildman–Crippen LogP) is 7.03. The van der Waals surface area contributed by atoms with Crippen LogP contribution in [0, 0.1) is 0 Å². The van der Waals surface area contributed by atoms with Gasteiger partial charge in [0.05, 0.1) is 5.69 Å². The summed E-state index contributed by atoms with van der Waals surface area (Å²) in [6, 6.07) is 17.9. The van der Waals surface area contributed by atoms with Crippen LogP contribution in [0.3, 0.4) is 0 Å². The molecule has 0 aliphatic rings. The minimum atomic E-state index is 0.629. The fourth-order valence-corrected chi connectivity index (χ4v) is 4.09. The zero-order chi connectivity index (χ0) is 14.8. The number of fused-ring (bicyclic) bond motifs is 1. The zero-order valence-corrected chi connectivity index (χ0v) is 14.7. The van der Waals surface area contributed by atoms with Crippen LogP contribution in [0.25, 0.3) is 10.8 Å². The van der Waals surface area contributed by atoms with E-state index in [9.17, 15) is 0 Å². The molecule has 0 aromatic heterocycles. The standard InChI is InChI=1S/C16H10BrCl2NS/c17-15-6-5-10-3-1-2-4-14(10)16(15)20-21-13-8-11(18)7-12(19)9-13/h1-9,20H. The van der Waals surface area contributed by atoms with Crippen LogP contribution in [0.1, 0.15) is 0 Å². The first-order chi connectivity index (χ1) is 10.1. The third-order valence-corrected chi connectivity index (χ3v) is 4.86. The summed E-state index contributed by atoms with van der Waals surface area (Å²) in [6.45, 7) is 0. The van der Waals surface area contributed by atoms with Gasteiger partial charge < -0.3 is 4.72 Å². The quantitative estimate of drug-likeness (QED) is 0.475. The Bertz CT molecular complexity index is 787. The molecular formula is C16H10BrCl2NS. The summed E-state index contributed by atoms with van der Waals surface area (Å²) in [6.07, 6.45) is 0. The fourth-order valence-electron chi connectivity index (χ4n) is 2.05. The molecule has 0 saturated heterocycles. The number of hydrogen-bond acceptors (Lipinski definition) is 2. The maximum absolute atomic E-state index is 6.02. The molecular weight excluding hydrogens is 389 g/mol. The SMILES string of the molecule is Clc1cc(Cl)cc(SNc2c(Br)ccc3ccccc23)c1. The van der Waals surface area contributed by atoms with Crippen LogP contribution in [0.15, 0.2) is 64.0 Å². The Kier molecular flexibility index (Phi) is 4.65. The van der Waals surface area contributed by atoms with Crippen molar-refractivity contribution >= 4 is 67.5 Å². The highest BCUT2D eigenvalue weighted by Gasteiger charge is 2.06. The van der Waals surface area contributed by atoms with E-state index in [4.69, 9.17) is 23.2 Å². The number of nitrogens with one attached hydrogen (secondary N) is 1. The molecule has 0 heterocycles. The lowest BCUT2D eigenvalue weighted by Gasteiger charge is -2.11. The van der Waals surface area contributed by atoms with Gasteiger partial charge >= 0.3 is 0 Å². The average molecular weight is 399 g/mol. The molecule has 0 unspecified atom stereocenters. The van der Waals surface area contributed by atoms with Crippen LogP contribution < -0.4 is 4.72 Å². The lowest BCUT2D eigenvalue weighted by atomic mass is 10.1. The molecule has 21 heavy (non-hydrogen) atoms. The van der Waals surface area contributed by atoms with Gasteiger partial charge in [0.15, 0.2) is 0 Å². The van der Waals surface area contributed by atoms with Gasteiger partial charge in [0, 0.05) is 24.8 Å². The highest BCUT2D eigenvalue weighted by molar-refractivity contribution is 9.10. The fraction of sp³-hybridized carbons (Fsp3) is 0. The van der Waals surface area contributed by atoms with E-state index in [0.29, 0.717) is 10.0 Å². The number of anilines is 1. The highest BCUT2D eigenvalue weighted by Crippen LogP contribution is 2.35. The summed E-state index contributed by atoms with van der Waals surface area (Å²) < 4.78 is 4.39. The summed E-state index contributed by atoms with van der Waals surface area (Å²) >= 11 is 17.1. The normalized spacial score (nSPS) is 10.8. The molecule has 0 radical (unpaired) electrons. The Morgan fingerprint density at radius 1 is 0.905 bits per heavy atom. The third-order valence-electron chi connectivity index (χ3n) is 2.99. The maximum Gasteiger partial charge on any atom is 0.0666 e. The summed E-state index contributed by atoms with van der Waals surface area (Å²) in [5, 5.41) is 3.60. The van der Waals surface area contributed by atoms with Gasteiger partial charge in [0.25, 0.3) is 0 Å². The molecule has 0 saturated carbocycles. The molecule has 0 bridgehead atoms. The molecule has 3 aromatic carbocycles. The summed E-state index contributed by atoms with van der Waals surface area (Å²) in [5.41, 5.74) is 1.04. The first-order valence-electron chi connectivity index (χ1n) is 6.20. The van der Waals surface area contributed by atoms with E-state index in [2.05, 4.69) is 38.9 Å². The smallest absolute Gasteiger partial charge is 0.0666 e. The van der Waals surface area contributed by atoms with E-state index in [1.165, 1.54) is 17.3 Å². The molecule has 0 aliphatic carbocycles. The van der Waals surface area contributed by atoms with Crippen molar-refractivity contribution in [2.75, 3.05) is 4.72 Å². The number of benzene rings is 3. The van der Waals surface area contributed by atoms with E-state index >= 15 is 0 Å². The first kappa shape index (κ1) is 15.0. The second-order valence-corrected chi connectivity index (χ2v) is 7.06. The Morgan fingerprint density at radius 2 is 1.62 bits per heavy atom. The van der Waals surface area contributed by atoms with E-state index in [1.807, 2.05) is 30.3 Å². The van der Waals surface area contributed by atoms with E-state index < -0.39 is 0 Å². The van der Waals surface area contributed by atoms with Gasteiger partial charge in [-0.25, -0.2) is 0 Å². The monoisotopic (exact) mass is 397 g/mol. The molecule has 1 N–H and O–H groups in total. The van der Waals surface area contributed by atoms with Crippen molar-refractivity contribution in [1.82, 2.24) is 0 Å². The summed E-state index contributed by atoms with van der Waals surface area (Å²) in [7, 11) is 0. The Balaban J connectivity index is 1.93. The minimum absolute atomic E-state index is 0.629. The van der Waals surface area contributed by atoms with Gasteiger partial charge in [-0.05, 0) is 57.5 Å². The Morgan fingerprint density at radius 3 is 2.38 bits per heavy atom. The maximum atomic E-state index is 6.02. The number of hydrogen-bond donors (Lipinski definition) is 1. The number of rotatable bonds is 3. The van der Waals surface area contributed by atoms with Crippen molar-refractivity contribution in [3.63, 3.8) is 0 Å². The van der Waals surface area contributed by atoms with Crippen LogP contribution in [-0.2, 0) is 0 Å². The zero-order valence-electron chi connectivity index (χ0n) is 10.7. The lowest BCUT2D eigenvalue weighted by Crippen LogP contribution is -1.90. The van der Waals surface area contributed by atoms with Gasteiger partial charge in [-0.2, -0.15) is 0 Å². The summed E-state index contributed by atoms with van der Waals surface area (Å²) in [5.74, 6) is 0. The topological polar surface area (TPSA) is 12.0 Å². The van der Waals surface area contributed by atoms with Gasteiger partial charge in [0.2, 0.25) is 0 Å². The van der Waals surface area contributed by atoms with Gasteiger partial charge in [-0.3, -0.25) is 0 Å². The number of halogens is 3. The molecule has 0 amide bonds. The molecule has 0 spiro atoms. The van der Waals surface area contributed by atoms with Crippen molar-refractivity contribution < 1.29 is 0 Å². The summed E-state index contributed by atoms with van der Waals surface area (Å²) in [4.78, 5) is 0.965. The third kappa shape index (κ3) is 3.49. The second-order valence-electron chi connectivity index (χ2n) is 4.45.